The summed E-state index contributed by atoms with van der Waals surface area (Å²) in [6, 6.07) is 10.4. The van der Waals surface area contributed by atoms with Crippen LogP contribution in [0.25, 0.3) is 11.4 Å². The van der Waals surface area contributed by atoms with Gasteiger partial charge in [-0.2, -0.15) is 0 Å². The summed E-state index contributed by atoms with van der Waals surface area (Å²) in [7, 11) is 0. The van der Waals surface area contributed by atoms with Gasteiger partial charge in [0.25, 0.3) is 0 Å². The first-order valence-corrected chi connectivity index (χ1v) is 9.52. The van der Waals surface area contributed by atoms with Crippen LogP contribution in [0.3, 0.4) is 0 Å². The third kappa shape index (κ3) is 3.80. The number of thioether (sulfide) groups is 1. The molecule has 1 heterocycles. The van der Waals surface area contributed by atoms with Crippen molar-refractivity contribution in [2.75, 3.05) is 0 Å². The molecule has 0 saturated heterocycles. The Bertz CT molecular complexity index is 680. The van der Waals surface area contributed by atoms with Gasteiger partial charge in [0.2, 0.25) is 5.91 Å². The molecule has 24 heavy (non-hydrogen) atoms. The molecular weight excluding hydrogens is 320 g/mol. The quantitative estimate of drug-likeness (QED) is 0.815. The van der Waals surface area contributed by atoms with Gasteiger partial charge in [-0.15, -0.1) is 10.2 Å². The molecule has 3 rings (SSSR count). The summed E-state index contributed by atoms with van der Waals surface area (Å²) in [6.07, 6.45) is 4.65. The largest absolute Gasteiger partial charge is 0.352 e. The topological polar surface area (TPSA) is 59.8 Å². The second-order valence-electron chi connectivity index (χ2n) is 6.17. The van der Waals surface area contributed by atoms with Crippen LogP contribution < -0.4 is 5.32 Å². The van der Waals surface area contributed by atoms with Gasteiger partial charge in [-0.25, -0.2) is 0 Å². The van der Waals surface area contributed by atoms with Crippen LogP contribution in [0.4, 0.5) is 0 Å². The number of benzene rings is 1. The van der Waals surface area contributed by atoms with E-state index in [1.165, 1.54) is 24.6 Å². The van der Waals surface area contributed by atoms with E-state index in [2.05, 4.69) is 27.0 Å². The van der Waals surface area contributed by atoms with E-state index in [1.54, 1.807) is 0 Å². The highest BCUT2D eigenvalue weighted by Gasteiger charge is 2.23. The Balaban J connectivity index is 1.70. The van der Waals surface area contributed by atoms with Crippen molar-refractivity contribution in [2.24, 2.45) is 0 Å². The highest BCUT2D eigenvalue weighted by molar-refractivity contribution is 8.00. The third-order valence-electron chi connectivity index (χ3n) is 4.42. The minimum Gasteiger partial charge on any atom is -0.352 e. The van der Waals surface area contributed by atoms with E-state index in [1.807, 2.05) is 37.3 Å². The fourth-order valence-corrected chi connectivity index (χ4v) is 3.98. The first-order valence-electron chi connectivity index (χ1n) is 8.64. The molecule has 1 aromatic heterocycles. The smallest absolute Gasteiger partial charge is 0.233 e. The summed E-state index contributed by atoms with van der Waals surface area (Å²) in [5.74, 6) is 0.947. The Hall–Kier alpha value is -1.82. The summed E-state index contributed by atoms with van der Waals surface area (Å²) < 4.78 is 2.07. The number of amides is 1. The van der Waals surface area contributed by atoms with Gasteiger partial charge in [0.1, 0.15) is 0 Å². The summed E-state index contributed by atoms with van der Waals surface area (Å²) in [6.45, 7) is 4.78. The molecule has 6 heteroatoms. The van der Waals surface area contributed by atoms with E-state index in [9.17, 15) is 4.79 Å². The maximum Gasteiger partial charge on any atom is 0.233 e. The molecule has 1 atom stereocenters. The van der Waals surface area contributed by atoms with Gasteiger partial charge < -0.3 is 9.88 Å². The lowest BCUT2D eigenvalue weighted by molar-refractivity contribution is -0.120. The van der Waals surface area contributed by atoms with Crippen molar-refractivity contribution in [3.05, 3.63) is 30.3 Å². The molecule has 1 aliphatic rings. The predicted molar refractivity (Wildman–Crippen MR) is 96.8 cm³/mol. The van der Waals surface area contributed by atoms with Crippen LogP contribution in [0.2, 0.25) is 0 Å². The van der Waals surface area contributed by atoms with E-state index >= 15 is 0 Å². The van der Waals surface area contributed by atoms with Crippen LogP contribution in [-0.2, 0) is 11.3 Å². The second-order valence-corrected chi connectivity index (χ2v) is 7.47. The maximum atomic E-state index is 12.4. The predicted octanol–water partition coefficient (Wildman–Crippen LogP) is 3.50. The van der Waals surface area contributed by atoms with Crippen LogP contribution in [0.5, 0.6) is 0 Å². The zero-order valence-corrected chi connectivity index (χ0v) is 15.1. The Morgan fingerprint density at radius 3 is 2.67 bits per heavy atom. The zero-order chi connectivity index (χ0) is 16.9. The SMILES string of the molecule is CCn1c(S[C@@H](C)C(=O)NC2CCCC2)nnc1-c1ccccc1. The molecule has 0 radical (unpaired) electrons. The minimum absolute atomic E-state index is 0.0961. The summed E-state index contributed by atoms with van der Waals surface area (Å²) in [5, 5.41) is 12.4. The van der Waals surface area contributed by atoms with E-state index in [0.29, 0.717) is 6.04 Å². The number of hydrogen-bond donors (Lipinski definition) is 1. The van der Waals surface area contributed by atoms with Gasteiger partial charge in [0, 0.05) is 18.2 Å². The first-order chi connectivity index (χ1) is 11.7. The normalized spacial score (nSPS) is 16.2. The van der Waals surface area contributed by atoms with Gasteiger partial charge in [-0.1, -0.05) is 54.9 Å². The van der Waals surface area contributed by atoms with Crippen LogP contribution >= 0.6 is 11.8 Å². The number of nitrogens with one attached hydrogen (secondary N) is 1. The average molecular weight is 344 g/mol. The summed E-state index contributed by atoms with van der Waals surface area (Å²) in [5.41, 5.74) is 1.04. The molecule has 1 saturated carbocycles. The molecule has 2 aromatic rings. The number of rotatable bonds is 6. The van der Waals surface area contributed by atoms with Crippen molar-refractivity contribution >= 4 is 17.7 Å². The highest BCUT2D eigenvalue weighted by Crippen LogP contribution is 2.27. The molecule has 0 unspecified atom stereocenters. The Kier molecular flexibility index (Phi) is 5.56. The molecule has 5 nitrogen and oxygen atoms in total. The molecule has 1 N–H and O–H groups in total. The Labute approximate surface area is 147 Å². The summed E-state index contributed by atoms with van der Waals surface area (Å²) in [4.78, 5) is 12.4. The number of carbonyl (C=O) groups is 1. The van der Waals surface area contributed by atoms with Crippen LogP contribution in [-0.4, -0.2) is 32.0 Å². The molecule has 0 spiro atoms. The van der Waals surface area contributed by atoms with Gasteiger partial charge in [0.15, 0.2) is 11.0 Å². The van der Waals surface area contributed by atoms with E-state index in [4.69, 9.17) is 0 Å². The fraction of sp³-hybridized carbons (Fsp3) is 0.500. The van der Waals surface area contributed by atoms with Crippen molar-refractivity contribution in [1.29, 1.82) is 0 Å². The monoisotopic (exact) mass is 344 g/mol. The molecule has 128 valence electrons. The molecule has 1 aromatic carbocycles. The van der Waals surface area contributed by atoms with E-state index in [-0.39, 0.29) is 11.2 Å². The van der Waals surface area contributed by atoms with Gasteiger partial charge >= 0.3 is 0 Å². The Morgan fingerprint density at radius 1 is 1.29 bits per heavy atom. The number of nitrogens with zero attached hydrogens (tertiary/aromatic N) is 3. The van der Waals surface area contributed by atoms with Crippen LogP contribution in [0.1, 0.15) is 39.5 Å². The highest BCUT2D eigenvalue weighted by atomic mass is 32.2. The van der Waals surface area contributed by atoms with Gasteiger partial charge in [-0.05, 0) is 26.7 Å². The molecule has 0 bridgehead atoms. The average Bonchev–Trinajstić information content (AvgIpc) is 3.25. The van der Waals surface area contributed by atoms with Gasteiger partial charge in [0.05, 0.1) is 5.25 Å². The number of hydrogen-bond acceptors (Lipinski definition) is 4. The standard InChI is InChI=1S/C18H24N4OS/c1-3-22-16(14-9-5-4-6-10-14)20-21-18(22)24-13(2)17(23)19-15-11-7-8-12-15/h4-6,9-10,13,15H,3,7-8,11-12H2,1-2H3,(H,19,23)/t13-/m0/s1. The van der Waals surface area contributed by atoms with Crippen molar-refractivity contribution in [1.82, 2.24) is 20.1 Å². The molecular formula is C18H24N4OS. The molecule has 1 amide bonds. The first kappa shape index (κ1) is 17.0. The third-order valence-corrected chi connectivity index (χ3v) is 5.50. The lowest BCUT2D eigenvalue weighted by atomic mass is 10.2. The lowest BCUT2D eigenvalue weighted by Gasteiger charge is -2.16. The number of carbonyl (C=O) groups excluding carboxylic acids is 1. The van der Waals surface area contributed by atoms with Crippen LogP contribution in [0.15, 0.2) is 35.5 Å². The lowest BCUT2D eigenvalue weighted by Crippen LogP contribution is -2.37. The zero-order valence-electron chi connectivity index (χ0n) is 14.2. The summed E-state index contributed by atoms with van der Waals surface area (Å²) >= 11 is 1.48. The van der Waals surface area contributed by atoms with E-state index in [0.717, 1.165) is 35.9 Å². The van der Waals surface area contributed by atoms with Gasteiger partial charge in [-0.3, -0.25) is 4.79 Å². The van der Waals surface area contributed by atoms with Crippen molar-refractivity contribution in [3.8, 4) is 11.4 Å². The Morgan fingerprint density at radius 2 is 2.00 bits per heavy atom. The minimum atomic E-state index is -0.177. The van der Waals surface area contributed by atoms with Crippen molar-refractivity contribution < 1.29 is 4.79 Å². The second kappa shape index (κ2) is 7.83. The van der Waals surface area contributed by atoms with Crippen molar-refractivity contribution in [2.45, 2.75) is 62.5 Å². The van der Waals surface area contributed by atoms with Crippen molar-refractivity contribution in [3.63, 3.8) is 0 Å². The maximum absolute atomic E-state index is 12.4. The molecule has 1 aliphatic carbocycles. The van der Waals surface area contributed by atoms with Crippen LogP contribution in [0, 0.1) is 0 Å². The molecule has 1 fully saturated rings. The number of aromatic nitrogens is 3. The fourth-order valence-electron chi connectivity index (χ4n) is 3.06. The molecule has 0 aliphatic heterocycles. The van der Waals surface area contributed by atoms with E-state index < -0.39 is 0 Å².